The van der Waals surface area contributed by atoms with Crippen LogP contribution < -0.4 is 5.73 Å². The molecular formula is C9H17N. The minimum atomic E-state index is 0.329. The Balaban J connectivity index is 2.52. The van der Waals surface area contributed by atoms with Crippen LogP contribution in [0.25, 0.3) is 0 Å². The van der Waals surface area contributed by atoms with Gasteiger partial charge in [-0.1, -0.05) is 18.1 Å². The number of hydrogen-bond acceptors (Lipinski definition) is 1. The topological polar surface area (TPSA) is 26.0 Å². The second-order valence-electron chi connectivity index (χ2n) is 3.15. The van der Waals surface area contributed by atoms with E-state index >= 15 is 0 Å². The van der Waals surface area contributed by atoms with Gasteiger partial charge in [0.25, 0.3) is 0 Å². The Kier molecular flexibility index (Phi) is 2.50. The number of hydrogen-bond donors (Lipinski definition) is 1. The zero-order valence-corrected chi connectivity index (χ0v) is 6.98. The van der Waals surface area contributed by atoms with Crippen molar-refractivity contribution in [2.24, 2.45) is 5.73 Å². The van der Waals surface area contributed by atoms with Crippen LogP contribution in [0.15, 0.2) is 11.1 Å². The van der Waals surface area contributed by atoms with E-state index in [4.69, 9.17) is 5.73 Å². The Morgan fingerprint density at radius 3 is 2.50 bits per heavy atom. The Hall–Kier alpha value is -0.300. The lowest BCUT2D eigenvalue weighted by molar-refractivity contribution is 0.619. The van der Waals surface area contributed by atoms with E-state index in [1.54, 1.807) is 5.57 Å². The van der Waals surface area contributed by atoms with Crippen LogP contribution in [0.1, 0.15) is 39.5 Å². The van der Waals surface area contributed by atoms with Crippen molar-refractivity contribution in [2.75, 3.05) is 0 Å². The van der Waals surface area contributed by atoms with E-state index in [1.807, 2.05) is 0 Å². The van der Waals surface area contributed by atoms with Gasteiger partial charge in [-0.15, -0.1) is 0 Å². The molecule has 58 valence electrons. The van der Waals surface area contributed by atoms with Crippen LogP contribution in [0.3, 0.4) is 0 Å². The SMILES string of the molecule is CCC(N)C(C)=C1CCC1. The molecule has 0 aliphatic heterocycles. The van der Waals surface area contributed by atoms with Crippen molar-refractivity contribution in [1.82, 2.24) is 0 Å². The molecule has 0 aromatic rings. The molecule has 1 saturated carbocycles. The molecule has 1 nitrogen and oxygen atoms in total. The minimum Gasteiger partial charge on any atom is -0.324 e. The quantitative estimate of drug-likeness (QED) is 0.583. The number of nitrogens with two attached hydrogens (primary N) is 1. The third-order valence-corrected chi connectivity index (χ3v) is 2.51. The van der Waals surface area contributed by atoms with Gasteiger partial charge in [-0.2, -0.15) is 0 Å². The Labute approximate surface area is 63.3 Å². The molecule has 10 heavy (non-hydrogen) atoms. The number of rotatable bonds is 2. The molecule has 0 amide bonds. The third-order valence-electron chi connectivity index (χ3n) is 2.51. The molecule has 1 unspecified atom stereocenters. The zero-order chi connectivity index (χ0) is 7.56. The molecule has 0 saturated heterocycles. The summed E-state index contributed by atoms with van der Waals surface area (Å²) in [5.74, 6) is 0. The summed E-state index contributed by atoms with van der Waals surface area (Å²) in [6.45, 7) is 4.33. The van der Waals surface area contributed by atoms with Gasteiger partial charge >= 0.3 is 0 Å². The first-order valence-electron chi connectivity index (χ1n) is 4.19. The standard InChI is InChI=1S/C9H17N/c1-3-9(10)7(2)8-5-4-6-8/h9H,3-6,10H2,1-2H3. The van der Waals surface area contributed by atoms with Crippen molar-refractivity contribution in [3.8, 4) is 0 Å². The summed E-state index contributed by atoms with van der Waals surface area (Å²) >= 11 is 0. The maximum atomic E-state index is 5.87. The van der Waals surface area contributed by atoms with Crippen molar-refractivity contribution in [2.45, 2.75) is 45.6 Å². The molecule has 2 N–H and O–H groups in total. The first kappa shape index (κ1) is 7.80. The van der Waals surface area contributed by atoms with E-state index in [0.717, 1.165) is 6.42 Å². The number of allylic oxidation sites excluding steroid dienone is 1. The normalized spacial score (nSPS) is 20.1. The zero-order valence-electron chi connectivity index (χ0n) is 6.98. The Morgan fingerprint density at radius 2 is 2.20 bits per heavy atom. The van der Waals surface area contributed by atoms with Gasteiger partial charge in [-0.3, -0.25) is 0 Å². The summed E-state index contributed by atoms with van der Waals surface area (Å²) < 4.78 is 0. The van der Waals surface area contributed by atoms with E-state index in [2.05, 4.69) is 13.8 Å². The largest absolute Gasteiger partial charge is 0.324 e. The van der Waals surface area contributed by atoms with Gasteiger partial charge in [-0.05, 0) is 32.6 Å². The van der Waals surface area contributed by atoms with Crippen molar-refractivity contribution in [1.29, 1.82) is 0 Å². The fraction of sp³-hybridized carbons (Fsp3) is 0.778. The molecule has 0 aromatic carbocycles. The first-order chi connectivity index (χ1) is 4.75. The van der Waals surface area contributed by atoms with Crippen molar-refractivity contribution < 1.29 is 0 Å². The summed E-state index contributed by atoms with van der Waals surface area (Å²) in [6.07, 6.45) is 5.07. The van der Waals surface area contributed by atoms with Crippen LogP contribution in [0.5, 0.6) is 0 Å². The lowest BCUT2D eigenvalue weighted by Gasteiger charge is -2.23. The van der Waals surface area contributed by atoms with E-state index < -0.39 is 0 Å². The average molecular weight is 139 g/mol. The molecule has 0 aromatic heterocycles. The second-order valence-corrected chi connectivity index (χ2v) is 3.15. The van der Waals surface area contributed by atoms with Gasteiger partial charge in [0, 0.05) is 6.04 Å². The van der Waals surface area contributed by atoms with Gasteiger partial charge < -0.3 is 5.73 Å². The fourth-order valence-electron chi connectivity index (χ4n) is 1.32. The lowest BCUT2D eigenvalue weighted by atomic mass is 9.85. The lowest BCUT2D eigenvalue weighted by Crippen LogP contribution is -2.22. The average Bonchev–Trinajstić information content (AvgIpc) is 1.82. The highest BCUT2D eigenvalue weighted by Crippen LogP contribution is 2.29. The highest BCUT2D eigenvalue weighted by molar-refractivity contribution is 5.21. The first-order valence-corrected chi connectivity index (χ1v) is 4.19. The molecule has 0 heterocycles. The van der Waals surface area contributed by atoms with E-state index in [1.165, 1.54) is 24.8 Å². The summed E-state index contributed by atoms with van der Waals surface area (Å²) in [7, 11) is 0. The predicted octanol–water partition coefficient (Wildman–Crippen LogP) is 2.22. The fourth-order valence-corrected chi connectivity index (χ4v) is 1.32. The van der Waals surface area contributed by atoms with Crippen LogP contribution in [-0.2, 0) is 0 Å². The summed E-state index contributed by atoms with van der Waals surface area (Å²) in [6, 6.07) is 0.329. The summed E-state index contributed by atoms with van der Waals surface area (Å²) in [4.78, 5) is 0. The van der Waals surface area contributed by atoms with Crippen LogP contribution >= 0.6 is 0 Å². The predicted molar refractivity (Wildman–Crippen MR) is 44.8 cm³/mol. The van der Waals surface area contributed by atoms with Crippen molar-refractivity contribution >= 4 is 0 Å². The van der Waals surface area contributed by atoms with Gasteiger partial charge in [0.2, 0.25) is 0 Å². The molecule has 0 bridgehead atoms. The van der Waals surface area contributed by atoms with Gasteiger partial charge in [0.1, 0.15) is 0 Å². The molecule has 1 aliphatic rings. The second kappa shape index (κ2) is 3.20. The Bertz CT molecular complexity index is 141. The molecule has 0 radical (unpaired) electrons. The Morgan fingerprint density at radius 1 is 1.60 bits per heavy atom. The highest BCUT2D eigenvalue weighted by Gasteiger charge is 2.14. The van der Waals surface area contributed by atoms with E-state index in [9.17, 15) is 0 Å². The third kappa shape index (κ3) is 1.40. The summed E-state index contributed by atoms with van der Waals surface area (Å²) in [5, 5.41) is 0. The smallest absolute Gasteiger partial charge is 0.0250 e. The molecule has 1 rings (SSSR count). The van der Waals surface area contributed by atoms with Crippen LogP contribution in [0.4, 0.5) is 0 Å². The van der Waals surface area contributed by atoms with Gasteiger partial charge in [0.15, 0.2) is 0 Å². The van der Waals surface area contributed by atoms with Crippen LogP contribution in [0, 0.1) is 0 Å². The van der Waals surface area contributed by atoms with Crippen molar-refractivity contribution in [3.63, 3.8) is 0 Å². The molecular weight excluding hydrogens is 122 g/mol. The van der Waals surface area contributed by atoms with E-state index in [-0.39, 0.29) is 0 Å². The van der Waals surface area contributed by atoms with Gasteiger partial charge in [-0.25, -0.2) is 0 Å². The minimum absolute atomic E-state index is 0.329. The van der Waals surface area contributed by atoms with Crippen LogP contribution in [0.2, 0.25) is 0 Å². The maximum absolute atomic E-state index is 5.87. The van der Waals surface area contributed by atoms with E-state index in [0.29, 0.717) is 6.04 Å². The molecule has 1 atom stereocenters. The molecule has 1 heteroatoms. The monoisotopic (exact) mass is 139 g/mol. The maximum Gasteiger partial charge on any atom is 0.0250 e. The highest BCUT2D eigenvalue weighted by atomic mass is 14.6. The van der Waals surface area contributed by atoms with Gasteiger partial charge in [0.05, 0.1) is 0 Å². The van der Waals surface area contributed by atoms with Crippen LogP contribution in [-0.4, -0.2) is 6.04 Å². The molecule has 1 aliphatic carbocycles. The molecule has 0 spiro atoms. The summed E-state index contributed by atoms with van der Waals surface area (Å²) in [5.41, 5.74) is 8.94. The van der Waals surface area contributed by atoms with Crippen molar-refractivity contribution in [3.05, 3.63) is 11.1 Å². The molecule has 1 fully saturated rings.